The molecular weight excluding hydrogens is 683 g/mol. The van der Waals surface area contributed by atoms with Gasteiger partial charge in [0.15, 0.2) is 0 Å². The van der Waals surface area contributed by atoms with Crippen molar-refractivity contribution in [2.24, 2.45) is 0 Å². The third-order valence-corrected chi connectivity index (χ3v) is 12.0. The molecule has 0 N–H and O–H groups in total. The highest BCUT2D eigenvalue weighted by atomic mass is 16.3. The number of furan rings is 1. The minimum Gasteiger partial charge on any atom is -0.456 e. The zero-order valence-corrected chi connectivity index (χ0v) is 30.1. The van der Waals surface area contributed by atoms with Crippen LogP contribution in [-0.4, -0.2) is 8.97 Å². The summed E-state index contributed by atoms with van der Waals surface area (Å²) in [6.45, 7) is 0. The van der Waals surface area contributed by atoms with Crippen molar-refractivity contribution in [3.05, 3.63) is 188 Å². The summed E-state index contributed by atoms with van der Waals surface area (Å²) in [5.41, 5.74) is 12.3. The van der Waals surface area contributed by atoms with Crippen molar-refractivity contribution in [3.63, 3.8) is 0 Å². The number of nitrogens with zero attached hydrogens (tertiary/aromatic N) is 3. The van der Waals surface area contributed by atoms with Gasteiger partial charge in [0.1, 0.15) is 11.2 Å². The average Bonchev–Trinajstić information content (AvgIpc) is 3.88. The lowest BCUT2D eigenvalue weighted by atomic mass is 10.0. The summed E-state index contributed by atoms with van der Waals surface area (Å²) in [5, 5.41) is 12.3. The number of anilines is 3. The number of para-hydroxylation sites is 4. The van der Waals surface area contributed by atoms with E-state index in [0.29, 0.717) is 0 Å². The molecule has 0 saturated carbocycles. The molecule has 0 aliphatic heterocycles. The van der Waals surface area contributed by atoms with Crippen molar-refractivity contribution in [1.82, 2.24) is 8.97 Å². The molecule has 0 aliphatic carbocycles. The minimum absolute atomic E-state index is 0.902. The zero-order valence-electron chi connectivity index (χ0n) is 30.1. The van der Waals surface area contributed by atoms with Crippen LogP contribution in [0.15, 0.2) is 192 Å². The Bertz CT molecular complexity index is 3720. The highest BCUT2D eigenvalue weighted by Gasteiger charge is 2.22. The molecule has 4 nitrogen and oxygen atoms in total. The number of hydrogen-bond donors (Lipinski definition) is 0. The van der Waals surface area contributed by atoms with Crippen LogP contribution in [0, 0.1) is 0 Å². The minimum atomic E-state index is 0.902. The van der Waals surface area contributed by atoms with Gasteiger partial charge in [0.25, 0.3) is 0 Å². The largest absolute Gasteiger partial charge is 0.456 e. The Kier molecular flexibility index (Phi) is 5.86. The highest BCUT2D eigenvalue weighted by Crippen LogP contribution is 2.45. The zero-order chi connectivity index (χ0) is 36.5. The second-order valence-corrected chi connectivity index (χ2v) is 14.9. The van der Waals surface area contributed by atoms with Gasteiger partial charge in [-0.3, -0.25) is 0 Å². The maximum atomic E-state index is 6.32. The second kappa shape index (κ2) is 11.0. The predicted molar refractivity (Wildman–Crippen MR) is 235 cm³/mol. The van der Waals surface area contributed by atoms with Gasteiger partial charge in [0.2, 0.25) is 0 Å². The van der Waals surface area contributed by atoms with Crippen LogP contribution in [0.5, 0.6) is 0 Å². The van der Waals surface area contributed by atoms with Crippen molar-refractivity contribution in [1.29, 1.82) is 0 Å². The van der Waals surface area contributed by atoms with Crippen LogP contribution in [0.3, 0.4) is 0 Å². The molecule has 260 valence electrons. The van der Waals surface area contributed by atoms with E-state index in [9.17, 15) is 0 Å². The van der Waals surface area contributed by atoms with Gasteiger partial charge in [-0.05, 0) is 101 Å². The first-order valence-corrected chi connectivity index (χ1v) is 19.2. The van der Waals surface area contributed by atoms with E-state index >= 15 is 0 Å². The first-order chi connectivity index (χ1) is 27.8. The Balaban J connectivity index is 1.06. The van der Waals surface area contributed by atoms with Crippen LogP contribution in [-0.2, 0) is 0 Å². The monoisotopic (exact) mass is 713 g/mol. The summed E-state index contributed by atoms with van der Waals surface area (Å²) in [5.74, 6) is 0. The summed E-state index contributed by atoms with van der Waals surface area (Å²) in [6.07, 6.45) is 0. The number of benzene rings is 9. The molecule has 13 rings (SSSR count). The van der Waals surface area contributed by atoms with Crippen molar-refractivity contribution >= 4 is 110 Å². The van der Waals surface area contributed by atoms with Gasteiger partial charge >= 0.3 is 0 Å². The maximum absolute atomic E-state index is 6.32. The number of rotatable bonds is 4. The standard InChI is InChI=1S/C52H31N3O/c1-2-12-34(13-3-1)53(37-27-26-32-29-43-39-17-5-7-25-48(39)56-49(43)30-33(32)28-37)35-14-8-15-36(31-35)54-45-22-10-18-40-42-20-9-19-41-38-16-4-6-21-44(38)55(52(41)42)47-24-11-23-46(54)51(47)50(40)45/h1-31H. The Morgan fingerprint density at radius 3 is 1.91 bits per heavy atom. The van der Waals surface area contributed by atoms with Gasteiger partial charge in [0, 0.05) is 60.5 Å². The molecule has 0 atom stereocenters. The third-order valence-electron chi connectivity index (χ3n) is 12.0. The molecule has 9 aromatic carbocycles. The lowest BCUT2D eigenvalue weighted by molar-refractivity contribution is 0.669. The SMILES string of the molecule is c1ccc(N(c2cccc(-n3c4cccc5c6cccc7c8ccccc8n(c8cccc3c8c54)c67)c2)c2ccc3cc4c(cc3c2)oc2ccccc24)cc1. The first kappa shape index (κ1) is 29.8. The van der Waals surface area contributed by atoms with E-state index in [1.807, 2.05) is 12.1 Å². The molecule has 4 aromatic heterocycles. The van der Waals surface area contributed by atoms with E-state index < -0.39 is 0 Å². The van der Waals surface area contributed by atoms with Crippen LogP contribution in [0.2, 0.25) is 0 Å². The molecular formula is C52H31N3O. The molecule has 0 aliphatic rings. The molecule has 0 saturated heterocycles. The Labute approximate surface area is 320 Å². The van der Waals surface area contributed by atoms with Crippen molar-refractivity contribution in [3.8, 4) is 5.69 Å². The van der Waals surface area contributed by atoms with Crippen LogP contribution >= 0.6 is 0 Å². The molecule has 56 heavy (non-hydrogen) atoms. The van der Waals surface area contributed by atoms with Crippen LogP contribution in [0.25, 0.3) is 98.3 Å². The molecule has 4 heterocycles. The van der Waals surface area contributed by atoms with E-state index in [1.165, 1.54) is 65.3 Å². The number of fused-ring (bicyclic) bond motifs is 9. The summed E-state index contributed by atoms with van der Waals surface area (Å²) < 4.78 is 11.3. The fourth-order valence-electron chi connectivity index (χ4n) is 9.66. The fraction of sp³-hybridized carbons (Fsp3) is 0. The smallest absolute Gasteiger partial charge is 0.136 e. The molecule has 4 heteroatoms. The Hall–Kier alpha value is -7.56. The molecule has 0 amide bonds. The van der Waals surface area contributed by atoms with E-state index in [0.717, 1.165) is 50.1 Å². The highest BCUT2D eigenvalue weighted by molar-refractivity contribution is 6.31. The van der Waals surface area contributed by atoms with Gasteiger partial charge in [-0.2, -0.15) is 0 Å². The lowest BCUT2D eigenvalue weighted by Crippen LogP contribution is -2.10. The fourth-order valence-corrected chi connectivity index (χ4v) is 9.66. The summed E-state index contributed by atoms with van der Waals surface area (Å²) in [7, 11) is 0. The Morgan fingerprint density at radius 2 is 1.00 bits per heavy atom. The summed E-state index contributed by atoms with van der Waals surface area (Å²) >= 11 is 0. The van der Waals surface area contributed by atoms with Crippen LogP contribution < -0.4 is 4.90 Å². The number of aromatic nitrogens is 2. The van der Waals surface area contributed by atoms with Gasteiger partial charge in [-0.15, -0.1) is 0 Å². The van der Waals surface area contributed by atoms with Gasteiger partial charge < -0.3 is 18.3 Å². The molecule has 0 bridgehead atoms. The third kappa shape index (κ3) is 3.97. The molecule has 0 spiro atoms. The van der Waals surface area contributed by atoms with E-state index in [2.05, 4.69) is 190 Å². The van der Waals surface area contributed by atoms with Crippen molar-refractivity contribution < 1.29 is 4.42 Å². The lowest BCUT2D eigenvalue weighted by Gasteiger charge is -2.26. The van der Waals surface area contributed by atoms with Gasteiger partial charge in [0.05, 0.1) is 27.6 Å². The Morgan fingerprint density at radius 1 is 0.357 bits per heavy atom. The maximum Gasteiger partial charge on any atom is 0.136 e. The topological polar surface area (TPSA) is 25.7 Å². The quantitative estimate of drug-likeness (QED) is 0.181. The second-order valence-electron chi connectivity index (χ2n) is 14.9. The van der Waals surface area contributed by atoms with E-state index in [4.69, 9.17) is 4.42 Å². The van der Waals surface area contributed by atoms with Crippen LogP contribution in [0.4, 0.5) is 17.1 Å². The van der Waals surface area contributed by atoms with Gasteiger partial charge in [-0.25, -0.2) is 0 Å². The summed E-state index contributed by atoms with van der Waals surface area (Å²) in [4.78, 5) is 2.36. The van der Waals surface area contributed by atoms with Crippen LogP contribution in [0.1, 0.15) is 0 Å². The molecule has 0 fully saturated rings. The first-order valence-electron chi connectivity index (χ1n) is 19.2. The average molecular weight is 714 g/mol. The molecule has 13 aromatic rings. The van der Waals surface area contributed by atoms with Crippen molar-refractivity contribution in [2.75, 3.05) is 4.90 Å². The molecule has 0 unspecified atom stereocenters. The normalized spacial score (nSPS) is 12.3. The molecule has 0 radical (unpaired) electrons. The predicted octanol–water partition coefficient (Wildman–Crippen LogP) is 14.5. The summed E-state index contributed by atoms with van der Waals surface area (Å²) in [6, 6.07) is 68.3. The number of hydrogen-bond acceptors (Lipinski definition) is 2. The van der Waals surface area contributed by atoms with E-state index in [-0.39, 0.29) is 0 Å². The van der Waals surface area contributed by atoms with Gasteiger partial charge in [-0.1, -0.05) is 103 Å². The van der Waals surface area contributed by atoms with Crippen molar-refractivity contribution in [2.45, 2.75) is 0 Å². The van der Waals surface area contributed by atoms with E-state index in [1.54, 1.807) is 0 Å².